The van der Waals surface area contributed by atoms with Crippen LogP contribution in [0, 0.1) is 10.1 Å². The molecule has 1 heterocycles. The van der Waals surface area contributed by atoms with Gasteiger partial charge in [-0.15, -0.1) is 11.8 Å². The SMILES string of the molecule is O=C(O)c1cc(CSc2ccc([N+](=O)[O-])cc2)ccn1. The smallest absolute Gasteiger partial charge is 0.354 e. The predicted octanol–water partition coefficient (Wildman–Crippen LogP) is 2.98. The van der Waals surface area contributed by atoms with E-state index < -0.39 is 10.9 Å². The molecular formula is C13H10N2O4S. The van der Waals surface area contributed by atoms with Crippen LogP contribution in [0.15, 0.2) is 47.5 Å². The summed E-state index contributed by atoms with van der Waals surface area (Å²) in [5.74, 6) is -0.493. The molecule has 0 fully saturated rings. The molecule has 0 unspecified atom stereocenters. The van der Waals surface area contributed by atoms with Gasteiger partial charge in [0.15, 0.2) is 0 Å². The summed E-state index contributed by atoms with van der Waals surface area (Å²) >= 11 is 1.47. The Morgan fingerprint density at radius 1 is 1.30 bits per heavy atom. The number of non-ortho nitro benzene ring substituents is 1. The van der Waals surface area contributed by atoms with Crippen molar-refractivity contribution in [2.45, 2.75) is 10.6 Å². The summed E-state index contributed by atoms with van der Waals surface area (Å²) in [6.07, 6.45) is 1.45. The third kappa shape index (κ3) is 3.55. The minimum atomic E-state index is -1.06. The summed E-state index contributed by atoms with van der Waals surface area (Å²) in [6, 6.07) is 9.48. The van der Waals surface area contributed by atoms with E-state index in [1.165, 1.54) is 36.2 Å². The Bertz CT molecular complexity index is 643. The van der Waals surface area contributed by atoms with Gasteiger partial charge in [-0.25, -0.2) is 9.78 Å². The van der Waals surface area contributed by atoms with Crippen molar-refractivity contribution in [3.8, 4) is 0 Å². The molecular weight excluding hydrogens is 280 g/mol. The minimum absolute atomic E-state index is 0.00630. The number of rotatable bonds is 5. The van der Waals surface area contributed by atoms with Crippen LogP contribution in [0.1, 0.15) is 16.1 Å². The molecule has 6 nitrogen and oxygen atoms in total. The quantitative estimate of drug-likeness (QED) is 0.517. The maximum atomic E-state index is 10.8. The second-order valence-corrected chi connectivity index (χ2v) is 4.94. The third-order valence-electron chi connectivity index (χ3n) is 2.50. The van der Waals surface area contributed by atoms with E-state index in [1.54, 1.807) is 18.2 Å². The van der Waals surface area contributed by atoms with Gasteiger partial charge in [0.1, 0.15) is 5.69 Å². The zero-order chi connectivity index (χ0) is 14.5. The molecule has 0 saturated heterocycles. The van der Waals surface area contributed by atoms with Crippen LogP contribution in [-0.4, -0.2) is 21.0 Å². The average molecular weight is 290 g/mol. The Kier molecular flexibility index (Phi) is 4.31. The average Bonchev–Trinajstić information content (AvgIpc) is 2.46. The molecule has 0 bridgehead atoms. The molecule has 102 valence electrons. The lowest BCUT2D eigenvalue weighted by atomic mass is 10.2. The second-order valence-electron chi connectivity index (χ2n) is 3.89. The number of nitro groups is 1. The first-order valence-corrected chi connectivity index (χ1v) is 6.60. The summed E-state index contributed by atoms with van der Waals surface area (Å²) in [7, 11) is 0. The lowest BCUT2D eigenvalue weighted by molar-refractivity contribution is -0.384. The molecule has 0 saturated carbocycles. The summed E-state index contributed by atoms with van der Waals surface area (Å²) in [5, 5.41) is 19.4. The first-order chi connectivity index (χ1) is 9.56. The number of carboxylic acid groups (broad SMARTS) is 1. The molecule has 20 heavy (non-hydrogen) atoms. The Hall–Kier alpha value is -2.41. The van der Waals surface area contributed by atoms with E-state index in [1.807, 2.05) is 0 Å². The van der Waals surface area contributed by atoms with E-state index in [2.05, 4.69) is 4.98 Å². The molecule has 0 aliphatic carbocycles. The Morgan fingerprint density at radius 2 is 2.00 bits per heavy atom. The Morgan fingerprint density at radius 3 is 2.60 bits per heavy atom. The number of pyridine rings is 1. The van der Waals surface area contributed by atoms with Crippen molar-refractivity contribution >= 4 is 23.4 Å². The normalized spacial score (nSPS) is 10.2. The zero-order valence-electron chi connectivity index (χ0n) is 10.2. The molecule has 1 aromatic heterocycles. The molecule has 0 atom stereocenters. The summed E-state index contributed by atoms with van der Waals surface area (Å²) < 4.78 is 0. The molecule has 0 aliphatic rings. The molecule has 2 aromatic rings. The van der Waals surface area contributed by atoms with Gasteiger partial charge in [-0.3, -0.25) is 10.1 Å². The van der Waals surface area contributed by atoms with E-state index >= 15 is 0 Å². The molecule has 2 rings (SSSR count). The molecule has 0 spiro atoms. The largest absolute Gasteiger partial charge is 0.477 e. The highest BCUT2D eigenvalue weighted by Crippen LogP contribution is 2.24. The van der Waals surface area contributed by atoms with Crippen molar-refractivity contribution in [2.75, 3.05) is 0 Å². The predicted molar refractivity (Wildman–Crippen MR) is 73.9 cm³/mol. The number of nitro benzene ring substituents is 1. The summed E-state index contributed by atoms with van der Waals surface area (Å²) in [4.78, 5) is 25.5. The van der Waals surface area contributed by atoms with Crippen LogP contribution in [0.25, 0.3) is 0 Å². The van der Waals surface area contributed by atoms with E-state index in [0.29, 0.717) is 5.75 Å². The van der Waals surface area contributed by atoms with Crippen molar-refractivity contribution < 1.29 is 14.8 Å². The van der Waals surface area contributed by atoms with Crippen molar-refractivity contribution in [1.82, 2.24) is 4.98 Å². The standard InChI is InChI=1S/C13H10N2O4S/c16-13(17)12-7-9(5-6-14-12)8-20-11-3-1-10(2-4-11)15(18)19/h1-7H,8H2,(H,16,17). The molecule has 1 N–H and O–H groups in total. The maximum absolute atomic E-state index is 10.8. The zero-order valence-corrected chi connectivity index (χ0v) is 11.0. The van der Waals surface area contributed by atoms with Gasteiger partial charge in [0.05, 0.1) is 4.92 Å². The number of carboxylic acids is 1. The number of benzene rings is 1. The van der Waals surface area contributed by atoms with Gasteiger partial charge >= 0.3 is 5.97 Å². The van der Waals surface area contributed by atoms with Crippen LogP contribution < -0.4 is 0 Å². The van der Waals surface area contributed by atoms with Gasteiger partial charge in [-0.05, 0) is 29.8 Å². The number of hydrogen-bond donors (Lipinski definition) is 1. The van der Waals surface area contributed by atoms with Crippen LogP contribution in [0.3, 0.4) is 0 Å². The first kappa shape index (κ1) is 14.0. The number of thioether (sulfide) groups is 1. The van der Waals surface area contributed by atoms with Gasteiger partial charge in [-0.2, -0.15) is 0 Å². The van der Waals surface area contributed by atoms with Crippen molar-refractivity contribution in [3.05, 3.63) is 64.0 Å². The fourth-order valence-electron chi connectivity index (χ4n) is 1.51. The van der Waals surface area contributed by atoms with Crippen LogP contribution in [-0.2, 0) is 5.75 Å². The number of carbonyl (C=O) groups is 1. The van der Waals surface area contributed by atoms with Gasteiger partial charge in [-0.1, -0.05) is 0 Å². The summed E-state index contributed by atoms with van der Waals surface area (Å²) in [5.41, 5.74) is 0.888. The molecule has 1 aromatic carbocycles. The van der Waals surface area contributed by atoms with Gasteiger partial charge < -0.3 is 5.11 Å². The third-order valence-corrected chi connectivity index (χ3v) is 3.58. The van der Waals surface area contributed by atoms with Crippen LogP contribution in [0.2, 0.25) is 0 Å². The summed E-state index contributed by atoms with van der Waals surface area (Å²) in [6.45, 7) is 0. The van der Waals surface area contributed by atoms with Crippen LogP contribution in [0.4, 0.5) is 5.69 Å². The Balaban J connectivity index is 2.03. The number of nitrogens with zero attached hydrogens (tertiary/aromatic N) is 2. The van der Waals surface area contributed by atoms with E-state index in [0.717, 1.165) is 10.5 Å². The monoisotopic (exact) mass is 290 g/mol. The highest BCUT2D eigenvalue weighted by molar-refractivity contribution is 7.98. The number of hydrogen-bond acceptors (Lipinski definition) is 5. The minimum Gasteiger partial charge on any atom is -0.477 e. The highest BCUT2D eigenvalue weighted by atomic mass is 32.2. The number of aromatic carboxylic acids is 1. The Labute approximate surface area is 118 Å². The van der Waals surface area contributed by atoms with Gasteiger partial charge in [0, 0.05) is 29.0 Å². The van der Waals surface area contributed by atoms with Gasteiger partial charge in [0.2, 0.25) is 0 Å². The second kappa shape index (κ2) is 6.16. The fraction of sp³-hybridized carbons (Fsp3) is 0.0769. The molecule has 7 heteroatoms. The van der Waals surface area contributed by atoms with Gasteiger partial charge in [0.25, 0.3) is 5.69 Å². The van der Waals surface area contributed by atoms with Crippen LogP contribution >= 0.6 is 11.8 Å². The molecule has 0 aliphatic heterocycles. The molecule has 0 amide bonds. The first-order valence-electron chi connectivity index (χ1n) is 5.62. The lowest BCUT2D eigenvalue weighted by Crippen LogP contribution is -2.00. The van der Waals surface area contributed by atoms with Crippen molar-refractivity contribution in [2.24, 2.45) is 0 Å². The van der Waals surface area contributed by atoms with Crippen molar-refractivity contribution in [3.63, 3.8) is 0 Å². The van der Waals surface area contributed by atoms with Crippen LogP contribution in [0.5, 0.6) is 0 Å². The maximum Gasteiger partial charge on any atom is 0.354 e. The lowest BCUT2D eigenvalue weighted by Gasteiger charge is -2.02. The fourth-order valence-corrected chi connectivity index (χ4v) is 2.35. The molecule has 0 radical (unpaired) electrons. The highest BCUT2D eigenvalue weighted by Gasteiger charge is 2.07. The van der Waals surface area contributed by atoms with E-state index in [4.69, 9.17) is 5.11 Å². The van der Waals surface area contributed by atoms with Crippen molar-refractivity contribution in [1.29, 1.82) is 0 Å². The number of aromatic nitrogens is 1. The van der Waals surface area contributed by atoms with E-state index in [9.17, 15) is 14.9 Å². The van der Waals surface area contributed by atoms with E-state index in [-0.39, 0.29) is 11.4 Å². The topological polar surface area (TPSA) is 93.3 Å².